The number of rotatable bonds is 6. The topological polar surface area (TPSA) is 87.8 Å². The van der Waals surface area contributed by atoms with Gasteiger partial charge >= 0.3 is 0 Å². The zero-order chi connectivity index (χ0) is 19.7. The number of hydrogen-bond donors (Lipinski definition) is 1. The molecule has 8 nitrogen and oxygen atoms in total. The van der Waals surface area contributed by atoms with E-state index >= 15 is 0 Å². The summed E-state index contributed by atoms with van der Waals surface area (Å²) in [7, 11) is 4.71. The Kier molecular flexibility index (Phi) is 4.68. The number of benzene rings is 1. The second-order valence-electron chi connectivity index (χ2n) is 6.41. The summed E-state index contributed by atoms with van der Waals surface area (Å²) in [5.41, 5.74) is 1.76. The van der Waals surface area contributed by atoms with E-state index in [-0.39, 0.29) is 18.2 Å². The maximum Gasteiger partial charge on any atom is 0.226 e. The molecule has 1 aliphatic rings. The first-order valence-electron chi connectivity index (χ1n) is 8.83. The Morgan fingerprint density at radius 2 is 1.96 bits per heavy atom. The molecule has 0 radical (unpaired) electrons. The van der Waals surface area contributed by atoms with Gasteiger partial charge in [-0.2, -0.15) is 5.10 Å². The van der Waals surface area contributed by atoms with Crippen molar-refractivity contribution in [1.82, 2.24) is 9.78 Å². The molecular formula is C20H21N3O5. The monoisotopic (exact) mass is 383 g/mol. The number of fused-ring (bicyclic) bond motifs is 1. The van der Waals surface area contributed by atoms with E-state index in [2.05, 4.69) is 10.4 Å². The zero-order valence-electron chi connectivity index (χ0n) is 15.9. The number of ether oxygens (including phenoxy) is 3. The summed E-state index contributed by atoms with van der Waals surface area (Å²) in [6.07, 6.45) is 3.67. The van der Waals surface area contributed by atoms with Crippen LogP contribution in [0.15, 0.2) is 41.1 Å². The van der Waals surface area contributed by atoms with Crippen molar-refractivity contribution in [3.63, 3.8) is 0 Å². The smallest absolute Gasteiger partial charge is 0.226 e. The van der Waals surface area contributed by atoms with Crippen LogP contribution < -0.4 is 19.5 Å². The van der Waals surface area contributed by atoms with Crippen LogP contribution in [0.4, 0.5) is 5.82 Å². The summed E-state index contributed by atoms with van der Waals surface area (Å²) in [4.78, 5) is 12.5. The molecule has 4 rings (SSSR count). The lowest BCUT2D eigenvalue weighted by atomic mass is 9.86. The van der Waals surface area contributed by atoms with Crippen LogP contribution in [-0.2, 0) is 11.3 Å². The summed E-state index contributed by atoms with van der Waals surface area (Å²) in [6.45, 7) is 0.429. The molecule has 1 amide bonds. The summed E-state index contributed by atoms with van der Waals surface area (Å²) in [5, 5.41) is 7.39. The molecule has 146 valence electrons. The highest BCUT2D eigenvalue weighted by molar-refractivity contribution is 5.94. The molecule has 1 aromatic carbocycles. The molecule has 0 spiro atoms. The fraction of sp³-hybridized carbons (Fsp3) is 0.300. The number of nitrogens with one attached hydrogen (secondary N) is 1. The lowest BCUT2D eigenvalue weighted by Crippen LogP contribution is -2.25. The minimum absolute atomic E-state index is 0.0875. The summed E-state index contributed by atoms with van der Waals surface area (Å²) in [6, 6.07) is 7.40. The number of hydrogen-bond acceptors (Lipinski definition) is 6. The number of carbonyl (C=O) groups is 1. The summed E-state index contributed by atoms with van der Waals surface area (Å²) in [5.74, 6) is 2.72. The van der Waals surface area contributed by atoms with Crippen LogP contribution in [0.1, 0.15) is 29.2 Å². The van der Waals surface area contributed by atoms with Crippen molar-refractivity contribution >= 4 is 11.7 Å². The third-order valence-electron chi connectivity index (χ3n) is 4.89. The number of methoxy groups -OCH3 is 3. The molecule has 1 aliphatic heterocycles. The van der Waals surface area contributed by atoms with Crippen LogP contribution in [0.2, 0.25) is 0 Å². The van der Waals surface area contributed by atoms with Gasteiger partial charge in [-0.1, -0.05) is 6.07 Å². The molecule has 2 aromatic heterocycles. The Morgan fingerprint density at radius 3 is 2.64 bits per heavy atom. The average Bonchev–Trinajstić information content (AvgIpc) is 3.36. The van der Waals surface area contributed by atoms with Gasteiger partial charge in [0.05, 0.1) is 33.8 Å². The lowest BCUT2D eigenvalue weighted by Gasteiger charge is -2.26. The normalized spacial score (nSPS) is 15.7. The second kappa shape index (κ2) is 7.30. The van der Waals surface area contributed by atoms with E-state index in [9.17, 15) is 4.79 Å². The molecule has 1 N–H and O–H groups in total. The van der Waals surface area contributed by atoms with E-state index in [1.54, 1.807) is 38.5 Å². The Morgan fingerprint density at radius 1 is 1.14 bits per heavy atom. The molecule has 8 heteroatoms. The fourth-order valence-corrected chi connectivity index (χ4v) is 3.62. The number of anilines is 1. The summed E-state index contributed by atoms with van der Waals surface area (Å²) < 4.78 is 23.6. The average molecular weight is 383 g/mol. The number of nitrogens with zero attached hydrogens (tertiary/aromatic N) is 2. The minimum atomic E-state index is -0.219. The predicted octanol–water partition coefficient (Wildman–Crippen LogP) is 3.02. The summed E-state index contributed by atoms with van der Waals surface area (Å²) >= 11 is 0. The third kappa shape index (κ3) is 2.96. The Bertz CT molecular complexity index is 994. The van der Waals surface area contributed by atoms with Crippen molar-refractivity contribution in [2.24, 2.45) is 0 Å². The van der Waals surface area contributed by atoms with Gasteiger partial charge in [0, 0.05) is 23.5 Å². The Hall–Kier alpha value is -3.42. The first kappa shape index (κ1) is 18.0. The zero-order valence-corrected chi connectivity index (χ0v) is 15.9. The van der Waals surface area contributed by atoms with Crippen LogP contribution >= 0.6 is 0 Å². The third-order valence-corrected chi connectivity index (χ3v) is 4.89. The molecule has 3 heterocycles. The maximum atomic E-state index is 12.5. The van der Waals surface area contributed by atoms with E-state index in [4.69, 9.17) is 18.6 Å². The van der Waals surface area contributed by atoms with Crippen LogP contribution in [0.5, 0.6) is 17.2 Å². The highest BCUT2D eigenvalue weighted by Gasteiger charge is 2.33. The van der Waals surface area contributed by atoms with Crippen LogP contribution in [0.25, 0.3) is 0 Å². The molecular weight excluding hydrogens is 362 g/mol. The number of amides is 1. The van der Waals surface area contributed by atoms with Crippen molar-refractivity contribution in [3.8, 4) is 17.2 Å². The van der Waals surface area contributed by atoms with Gasteiger partial charge in [0.15, 0.2) is 11.5 Å². The molecule has 0 unspecified atom stereocenters. The molecule has 0 fully saturated rings. The maximum absolute atomic E-state index is 12.5. The minimum Gasteiger partial charge on any atom is -0.493 e. The number of aromatic nitrogens is 2. The molecule has 0 saturated carbocycles. The van der Waals surface area contributed by atoms with Gasteiger partial charge in [-0.15, -0.1) is 0 Å². The fourth-order valence-electron chi connectivity index (χ4n) is 3.62. The molecule has 1 atom stereocenters. The molecule has 3 aromatic rings. The van der Waals surface area contributed by atoms with Crippen LogP contribution in [0.3, 0.4) is 0 Å². The van der Waals surface area contributed by atoms with Crippen LogP contribution in [-0.4, -0.2) is 37.0 Å². The quantitative estimate of drug-likeness (QED) is 0.704. The van der Waals surface area contributed by atoms with Gasteiger partial charge in [0.25, 0.3) is 0 Å². The Labute approximate surface area is 162 Å². The predicted molar refractivity (Wildman–Crippen MR) is 101 cm³/mol. The second-order valence-corrected chi connectivity index (χ2v) is 6.41. The van der Waals surface area contributed by atoms with Gasteiger partial charge in [-0.25, -0.2) is 4.68 Å². The molecule has 28 heavy (non-hydrogen) atoms. The van der Waals surface area contributed by atoms with E-state index in [0.29, 0.717) is 29.6 Å². The van der Waals surface area contributed by atoms with Gasteiger partial charge in [-0.3, -0.25) is 4.79 Å². The van der Waals surface area contributed by atoms with Gasteiger partial charge in [0.1, 0.15) is 18.1 Å². The van der Waals surface area contributed by atoms with Crippen molar-refractivity contribution < 1.29 is 23.4 Å². The first-order chi connectivity index (χ1) is 13.7. The molecule has 0 bridgehead atoms. The van der Waals surface area contributed by atoms with Gasteiger partial charge < -0.3 is 23.9 Å². The number of furan rings is 1. The van der Waals surface area contributed by atoms with E-state index in [1.807, 2.05) is 24.3 Å². The van der Waals surface area contributed by atoms with Crippen molar-refractivity contribution in [3.05, 3.63) is 53.6 Å². The van der Waals surface area contributed by atoms with Crippen LogP contribution in [0, 0.1) is 0 Å². The first-order valence-corrected chi connectivity index (χ1v) is 8.83. The lowest BCUT2D eigenvalue weighted by molar-refractivity contribution is -0.116. The van der Waals surface area contributed by atoms with E-state index < -0.39 is 0 Å². The highest BCUT2D eigenvalue weighted by Crippen LogP contribution is 2.47. The van der Waals surface area contributed by atoms with Crippen molar-refractivity contribution in [2.75, 3.05) is 26.6 Å². The van der Waals surface area contributed by atoms with E-state index in [0.717, 1.165) is 16.9 Å². The SMILES string of the molecule is COc1ccc([C@@H]2CC(=O)Nc3c2cnn3Cc2ccco2)c(OC)c1OC. The molecule has 0 saturated heterocycles. The Balaban J connectivity index is 1.79. The number of carbonyl (C=O) groups excluding carboxylic acids is 1. The standard InChI is InChI=1S/C20H21N3O5/c1-25-16-7-6-13(18(26-2)19(16)27-3)14-9-17(24)22-20-15(14)10-21-23(20)11-12-5-4-8-28-12/h4-8,10,14H,9,11H2,1-3H3,(H,22,24)/t14-/m0/s1. The largest absolute Gasteiger partial charge is 0.493 e. The van der Waals surface area contributed by atoms with Crippen molar-refractivity contribution in [1.29, 1.82) is 0 Å². The highest BCUT2D eigenvalue weighted by atomic mass is 16.5. The van der Waals surface area contributed by atoms with Gasteiger partial charge in [0.2, 0.25) is 11.7 Å². The van der Waals surface area contributed by atoms with Crippen molar-refractivity contribution in [2.45, 2.75) is 18.9 Å². The molecule has 0 aliphatic carbocycles. The van der Waals surface area contributed by atoms with Gasteiger partial charge in [-0.05, 0) is 18.2 Å². The van der Waals surface area contributed by atoms with E-state index in [1.165, 1.54) is 0 Å².